The van der Waals surface area contributed by atoms with E-state index in [4.69, 9.17) is 0 Å². The van der Waals surface area contributed by atoms with Crippen molar-refractivity contribution in [2.45, 2.75) is 49.7 Å². The Hall–Kier alpha value is -2.68. The smallest absolute Gasteiger partial charge is 0.298 e. The zero-order chi connectivity index (χ0) is 26.4. The standard InChI is InChI=1S/C29H31F3N2O2S/c1-20-8-7-9-24(21(20)2)22-12-14-23(15-13-22)25-18-33-16-5-6-17-34(19-27(25)33)37(35,36)28-11-4-3-10-26(28)29(30,31)32/h3-4,7-15,25,27H,5-6,16-19H2,1-2H3/t25-,27-/m0/s1. The number of rotatable bonds is 4. The second-order valence-electron chi connectivity index (χ2n) is 10.1. The van der Waals surface area contributed by atoms with Crippen molar-refractivity contribution in [1.29, 1.82) is 0 Å². The molecule has 0 aliphatic carbocycles. The van der Waals surface area contributed by atoms with E-state index < -0.39 is 26.7 Å². The summed E-state index contributed by atoms with van der Waals surface area (Å²) in [7, 11) is -4.31. The minimum Gasteiger partial charge on any atom is -0.298 e. The molecule has 0 saturated carbocycles. The molecular weight excluding hydrogens is 497 g/mol. The fourth-order valence-electron chi connectivity index (χ4n) is 5.61. The van der Waals surface area contributed by atoms with E-state index in [-0.39, 0.29) is 25.0 Å². The van der Waals surface area contributed by atoms with Crippen LogP contribution in [0.1, 0.15) is 41.0 Å². The first-order valence-corrected chi connectivity index (χ1v) is 14.1. The highest BCUT2D eigenvalue weighted by atomic mass is 32.2. The van der Waals surface area contributed by atoms with Crippen LogP contribution < -0.4 is 0 Å². The normalized spacial score (nSPS) is 21.5. The second kappa shape index (κ2) is 9.89. The van der Waals surface area contributed by atoms with Crippen LogP contribution in [-0.4, -0.2) is 49.8 Å². The fourth-order valence-corrected chi connectivity index (χ4v) is 7.32. The van der Waals surface area contributed by atoms with E-state index >= 15 is 0 Å². The molecule has 0 spiro atoms. The summed E-state index contributed by atoms with van der Waals surface area (Å²) in [4.78, 5) is 1.60. The number of fused-ring (bicyclic) bond motifs is 1. The summed E-state index contributed by atoms with van der Waals surface area (Å²) in [5, 5.41) is 0. The van der Waals surface area contributed by atoms with E-state index in [0.717, 1.165) is 42.8 Å². The predicted molar refractivity (Wildman–Crippen MR) is 139 cm³/mol. The summed E-state index contributed by atoms with van der Waals surface area (Å²) in [6.07, 6.45) is -3.32. The largest absolute Gasteiger partial charge is 0.417 e. The maximum absolute atomic E-state index is 13.6. The molecule has 5 rings (SSSR count). The first-order valence-electron chi connectivity index (χ1n) is 12.6. The van der Waals surface area contributed by atoms with Gasteiger partial charge in [-0.25, -0.2) is 8.42 Å². The SMILES string of the molecule is Cc1cccc(-c2ccc([C@@H]3CN4CCCCN(S(=O)(=O)c5ccccc5C(F)(F)F)C[C@@H]34)cc2)c1C. The molecular formula is C29H31F3N2O2S. The van der Waals surface area contributed by atoms with Crippen molar-refractivity contribution in [3.05, 3.63) is 89.0 Å². The van der Waals surface area contributed by atoms with Gasteiger partial charge in [-0.15, -0.1) is 0 Å². The Bertz CT molecular complexity index is 1390. The molecule has 2 fully saturated rings. The first kappa shape index (κ1) is 25.9. The third-order valence-corrected chi connectivity index (χ3v) is 9.85. The number of hydrogen-bond donors (Lipinski definition) is 0. The molecule has 0 N–H and O–H groups in total. The fraction of sp³-hybridized carbons (Fsp3) is 0.379. The summed E-state index contributed by atoms with van der Waals surface area (Å²) in [6, 6.07) is 19.1. The zero-order valence-corrected chi connectivity index (χ0v) is 21.8. The van der Waals surface area contributed by atoms with Gasteiger partial charge < -0.3 is 0 Å². The maximum Gasteiger partial charge on any atom is 0.417 e. The Morgan fingerprint density at radius 2 is 1.54 bits per heavy atom. The molecule has 3 aromatic carbocycles. The van der Waals surface area contributed by atoms with Gasteiger partial charge in [0.05, 0.1) is 10.5 Å². The van der Waals surface area contributed by atoms with Crippen molar-refractivity contribution < 1.29 is 21.6 Å². The number of alkyl halides is 3. The lowest BCUT2D eigenvalue weighted by Gasteiger charge is -2.51. The van der Waals surface area contributed by atoms with Crippen LogP contribution in [0.2, 0.25) is 0 Å². The Morgan fingerprint density at radius 1 is 0.838 bits per heavy atom. The van der Waals surface area contributed by atoms with E-state index in [9.17, 15) is 21.6 Å². The molecule has 0 unspecified atom stereocenters. The van der Waals surface area contributed by atoms with Gasteiger partial charge in [0.15, 0.2) is 0 Å². The lowest BCUT2D eigenvalue weighted by Crippen LogP contribution is -2.60. The number of aryl methyl sites for hydroxylation is 1. The maximum atomic E-state index is 13.6. The molecule has 0 amide bonds. The van der Waals surface area contributed by atoms with Crippen molar-refractivity contribution in [3.8, 4) is 11.1 Å². The van der Waals surface area contributed by atoms with Crippen molar-refractivity contribution in [2.75, 3.05) is 26.2 Å². The van der Waals surface area contributed by atoms with Crippen molar-refractivity contribution in [1.82, 2.24) is 9.21 Å². The van der Waals surface area contributed by atoms with Crippen LogP contribution in [0.15, 0.2) is 71.6 Å². The monoisotopic (exact) mass is 528 g/mol. The second-order valence-corrected chi connectivity index (χ2v) is 12.0. The Morgan fingerprint density at radius 3 is 2.27 bits per heavy atom. The average Bonchev–Trinajstić information content (AvgIpc) is 2.85. The van der Waals surface area contributed by atoms with Gasteiger partial charge in [0.2, 0.25) is 10.0 Å². The van der Waals surface area contributed by atoms with Gasteiger partial charge in [-0.05, 0) is 73.2 Å². The molecule has 2 atom stereocenters. The van der Waals surface area contributed by atoms with Gasteiger partial charge in [0.1, 0.15) is 0 Å². The van der Waals surface area contributed by atoms with Crippen molar-refractivity contribution >= 4 is 10.0 Å². The first-order chi connectivity index (χ1) is 17.6. The van der Waals surface area contributed by atoms with E-state index in [2.05, 4.69) is 61.2 Å². The van der Waals surface area contributed by atoms with Gasteiger partial charge in [-0.1, -0.05) is 54.6 Å². The van der Waals surface area contributed by atoms with Crippen molar-refractivity contribution in [2.24, 2.45) is 0 Å². The molecule has 0 radical (unpaired) electrons. The van der Waals surface area contributed by atoms with Crippen LogP contribution in [-0.2, 0) is 16.2 Å². The van der Waals surface area contributed by atoms with Crippen LogP contribution in [0.4, 0.5) is 13.2 Å². The minimum atomic E-state index is -4.74. The lowest BCUT2D eigenvalue weighted by atomic mass is 9.81. The summed E-state index contributed by atoms with van der Waals surface area (Å²) in [5.74, 6) is 0.126. The minimum absolute atomic E-state index is 0.0697. The third kappa shape index (κ3) is 4.94. The molecule has 196 valence electrons. The van der Waals surface area contributed by atoms with Crippen LogP contribution >= 0.6 is 0 Å². The van der Waals surface area contributed by atoms with E-state index in [1.807, 2.05) is 0 Å². The number of halogens is 3. The predicted octanol–water partition coefficient (Wildman–Crippen LogP) is 6.24. The van der Waals surface area contributed by atoms with E-state index in [0.29, 0.717) is 6.42 Å². The van der Waals surface area contributed by atoms with Gasteiger partial charge in [-0.2, -0.15) is 17.5 Å². The summed E-state index contributed by atoms with van der Waals surface area (Å²) in [6.45, 7) is 6.30. The molecule has 8 heteroatoms. The molecule has 0 aromatic heterocycles. The van der Waals surface area contributed by atoms with Crippen molar-refractivity contribution in [3.63, 3.8) is 0 Å². The van der Waals surface area contributed by atoms with Crippen LogP contribution in [0, 0.1) is 13.8 Å². The van der Waals surface area contributed by atoms with Crippen LogP contribution in [0.3, 0.4) is 0 Å². The Kier molecular flexibility index (Phi) is 6.94. The topological polar surface area (TPSA) is 40.6 Å². The van der Waals surface area contributed by atoms with Crippen LogP contribution in [0.5, 0.6) is 0 Å². The van der Waals surface area contributed by atoms with Gasteiger partial charge in [0.25, 0.3) is 0 Å². The summed E-state index contributed by atoms with van der Waals surface area (Å²) < 4.78 is 69.2. The third-order valence-electron chi connectivity index (χ3n) is 7.92. The highest BCUT2D eigenvalue weighted by molar-refractivity contribution is 7.89. The van der Waals surface area contributed by atoms with E-state index in [1.54, 1.807) is 0 Å². The number of hydrogen-bond acceptors (Lipinski definition) is 3. The van der Waals surface area contributed by atoms with E-state index in [1.165, 1.54) is 33.1 Å². The summed E-state index contributed by atoms with van der Waals surface area (Å²) in [5.41, 5.74) is 4.81. The molecule has 2 aliphatic rings. The molecule has 37 heavy (non-hydrogen) atoms. The van der Waals surface area contributed by atoms with Gasteiger partial charge in [-0.3, -0.25) is 4.90 Å². The number of benzene rings is 3. The van der Waals surface area contributed by atoms with Gasteiger partial charge in [0, 0.05) is 31.6 Å². The highest BCUT2D eigenvalue weighted by Crippen LogP contribution is 2.40. The molecule has 2 saturated heterocycles. The average molecular weight is 529 g/mol. The molecule has 4 nitrogen and oxygen atoms in total. The molecule has 3 aromatic rings. The number of nitrogens with zero attached hydrogens (tertiary/aromatic N) is 2. The Labute approximate surface area is 216 Å². The quantitative estimate of drug-likeness (QED) is 0.402. The lowest BCUT2D eigenvalue weighted by molar-refractivity contribution is -0.139. The van der Waals surface area contributed by atoms with Gasteiger partial charge >= 0.3 is 6.18 Å². The zero-order valence-electron chi connectivity index (χ0n) is 21.0. The molecule has 2 aliphatic heterocycles. The highest BCUT2D eigenvalue weighted by Gasteiger charge is 2.45. The molecule has 0 bridgehead atoms. The Balaban J connectivity index is 1.41. The molecule has 2 heterocycles. The van der Waals surface area contributed by atoms with Crippen LogP contribution in [0.25, 0.3) is 11.1 Å². The number of sulfonamides is 1. The summed E-state index contributed by atoms with van der Waals surface area (Å²) >= 11 is 0.